The highest BCUT2D eigenvalue weighted by atomic mass is 35.5. The molecule has 26 heavy (non-hydrogen) atoms. The van der Waals surface area contributed by atoms with Crippen molar-refractivity contribution < 1.29 is 9.13 Å². The van der Waals surface area contributed by atoms with Crippen LogP contribution in [0.2, 0.25) is 5.02 Å². The normalized spacial score (nSPS) is 10.7. The molecule has 1 N–H and O–H groups in total. The Morgan fingerprint density at radius 3 is 2.46 bits per heavy atom. The molecule has 134 valence electrons. The highest BCUT2D eigenvalue weighted by Crippen LogP contribution is 2.23. The summed E-state index contributed by atoms with van der Waals surface area (Å²) in [6.45, 7) is 1.66. The van der Waals surface area contributed by atoms with Gasteiger partial charge in [0.1, 0.15) is 18.2 Å². The van der Waals surface area contributed by atoms with E-state index in [4.69, 9.17) is 16.3 Å². The molecule has 0 saturated carbocycles. The van der Waals surface area contributed by atoms with E-state index >= 15 is 0 Å². The zero-order valence-electron chi connectivity index (χ0n) is 14.4. The van der Waals surface area contributed by atoms with Crippen LogP contribution in [0.4, 0.5) is 4.39 Å². The highest BCUT2D eigenvalue weighted by molar-refractivity contribution is 6.31. The Balaban J connectivity index is 1.56. The largest absolute Gasteiger partial charge is 0.488 e. The lowest BCUT2D eigenvalue weighted by atomic mass is 10.1. The Kier molecular flexibility index (Phi) is 6.64. The minimum absolute atomic E-state index is 0.104. The lowest BCUT2D eigenvalue weighted by molar-refractivity contribution is 0.296. The Morgan fingerprint density at radius 2 is 1.65 bits per heavy atom. The Bertz CT molecular complexity index is 818. The lowest BCUT2D eigenvalue weighted by Gasteiger charge is -2.13. The van der Waals surface area contributed by atoms with Gasteiger partial charge in [0.15, 0.2) is 0 Å². The SMILES string of the molecule is Fc1cccc(Cl)c1COc1ccccc1CNCCc1ccccc1. The van der Waals surface area contributed by atoms with Gasteiger partial charge in [-0.25, -0.2) is 4.39 Å². The summed E-state index contributed by atoms with van der Waals surface area (Å²) in [4.78, 5) is 0. The molecule has 0 amide bonds. The standard InChI is InChI=1S/C22H21ClFNO/c23-20-10-6-11-21(24)19(20)16-26-22-12-5-4-9-18(22)15-25-14-13-17-7-2-1-3-8-17/h1-12,25H,13-16H2. The molecular weight excluding hydrogens is 349 g/mol. The third-order valence-electron chi connectivity index (χ3n) is 4.16. The van der Waals surface area contributed by atoms with Crippen LogP contribution in [0.1, 0.15) is 16.7 Å². The molecule has 0 spiro atoms. The number of ether oxygens (including phenoxy) is 1. The van der Waals surface area contributed by atoms with E-state index in [1.54, 1.807) is 12.1 Å². The van der Waals surface area contributed by atoms with Gasteiger partial charge in [0.2, 0.25) is 0 Å². The van der Waals surface area contributed by atoms with Gasteiger partial charge in [0.25, 0.3) is 0 Å². The van der Waals surface area contributed by atoms with Gasteiger partial charge in [-0.15, -0.1) is 0 Å². The fourth-order valence-corrected chi connectivity index (χ4v) is 2.93. The van der Waals surface area contributed by atoms with Crippen molar-refractivity contribution in [2.45, 2.75) is 19.6 Å². The third-order valence-corrected chi connectivity index (χ3v) is 4.51. The molecule has 0 heterocycles. The van der Waals surface area contributed by atoms with Crippen molar-refractivity contribution in [2.75, 3.05) is 6.54 Å². The van der Waals surface area contributed by atoms with Crippen molar-refractivity contribution in [1.29, 1.82) is 0 Å². The van der Waals surface area contributed by atoms with E-state index in [-0.39, 0.29) is 12.4 Å². The topological polar surface area (TPSA) is 21.3 Å². The van der Waals surface area contributed by atoms with Crippen LogP contribution in [0.25, 0.3) is 0 Å². The van der Waals surface area contributed by atoms with Crippen LogP contribution in [0, 0.1) is 5.82 Å². The van der Waals surface area contributed by atoms with Crippen LogP contribution >= 0.6 is 11.6 Å². The maximum atomic E-state index is 13.9. The first-order valence-corrected chi connectivity index (χ1v) is 9.00. The van der Waals surface area contributed by atoms with Crippen molar-refractivity contribution in [3.05, 3.63) is 100 Å². The number of nitrogens with one attached hydrogen (secondary N) is 1. The number of halogens is 2. The van der Waals surface area contributed by atoms with Gasteiger partial charge in [-0.2, -0.15) is 0 Å². The average Bonchev–Trinajstić information content (AvgIpc) is 2.66. The van der Waals surface area contributed by atoms with Gasteiger partial charge in [0, 0.05) is 17.7 Å². The van der Waals surface area contributed by atoms with Crippen LogP contribution in [-0.4, -0.2) is 6.54 Å². The minimum Gasteiger partial charge on any atom is -0.488 e. The van der Waals surface area contributed by atoms with Crippen LogP contribution in [0.15, 0.2) is 72.8 Å². The zero-order valence-corrected chi connectivity index (χ0v) is 15.2. The summed E-state index contributed by atoms with van der Waals surface area (Å²) in [5, 5.41) is 3.81. The Hall–Kier alpha value is -2.36. The van der Waals surface area contributed by atoms with Crippen LogP contribution in [0.5, 0.6) is 5.75 Å². The molecule has 0 fully saturated rings. The molecule has 3 aromatic rings. The van der Waals surface area contributed by atoms with E-state index in [2.05, 4.69) is 17.4 Å². The first-order chi connectivity index (χ1) is 12.7. The Morgan fingerprint density at radius 1 is 0.885 bits per heavy atom. The molecule has 0 radical (unpaired) electrons. The zero-order chi connectivity index (χ0) is 18.2. The minimum atomic E-state index is -0.351. The quantitative estimate of drug-likeness (QED) is 0.537. The third kappa shape index (κ3) is 5.07. The van der Waals surface area contributed by atoms with Crippen LogP contribution < -0.4 is 10.1 Å². The second-order valence-corrected chi connectivity index (χ2v) is 6.42. The van der Waals surface area contributed by atoms with Gasteiger partial charge in [-0.05, 0) is 36.7 Å². The number of hydrogen-bond acceptors (Lipinski definition) is 2. The van der Waals surface area contributed by atoms with E-state index < -0.39 is 0 Å². The predicted octanol–water partition coefficient (Wildman–Crippen LogP) is 5.39. The highest BCUT2D eigenvalue weighted by Gasteiger charge is 2.09. The summed E-state index contributed by atoms with van der Waals surface area (Å²) in [6, 6.07) is 22.8. The molecular formula is C22H21ClFNO. The van der Waals surface area contributed by atoms with E-state index in [0.717, 1.165) is 24.3 Å². The summed E-state index contributed by atoms with van der Waals surface area (Å²) < 4.78 is 19.7. The van der Waals surface area contributed by atoms with E-state index in [0.29, 0.717) is 17.1 Å². The smallest absolute Gasteiger partial charge is 0.131 e. The van der Waals surface area contributed by atoms with E-state index in [1.807, 2.05) is 42.5 Å². The van der Waals surface area contributed by atoms with Crippen molar-refractivity contribution in [1.82, 2.24) is 5.32 Å². The fourth-order valence-electron chi connectivity index (χ4n) is 2.71. The molecule has 0 aliphatic heterocycles. The fraction of sp³-hybridized carbons (Fsp3) is 0.182. The molecule has 3 aromatic carbocycles. The second-order valence-electron chi connectivity index (χ2n) is 6.01. The summed E-state index contributed by atoms with van der Waals surface area (Å²) in [5.74, 6) is 0.384. The first-order valence-electron chi connectivity index (χ1n) is 8.62. The van der Waals surface area contributed by atoms with E-state index in [9.17, 15) is 4.39 Å². The summed E-state index contributed by atoms with van der Waals surface area (Å²) in [6.07, 6.45) is 0.967. The summed E-state index contributed by atoms with van der Waals surface area (Å²) >= 11 is 6.06. The Labute approximate surface area is 158 Å². The van der Waals surface area contributed by atoms with Crippen LogP contribution in [-0.2, 0) is 19.6 Å². The molecule has 0 aromatic heterocycles. The van der Waals surface area contributed by atoms with Crippen molar-refractivity contribution in [3.63, 3.8) is 0 Å². The predicted molar refractivity (Wildman–Crippen MR) is 104 cm³/mol. The van der Waals surface area contributed by atoms with Crippen LogP contribution in [0.3, 0.4) is 0 Å². The first kappa shape index (κ1) is 18.4. The molecule has 0 aliphatic carbocycles. The molecule has 0 bridgehead atoms. The lowest BCUT2D eigenvalue weighted by Crippen LogP contribution is -2.17. The summed E-state index contributed by atoms with van der Waals surface area (Å²) in [5.41, 5.74) is 2.72. The molecule has 0 aliphatic rings. The molecule has 0 unspecified atom stereocenters. The molecule has 3 rings (SSSR count). The number of rotatable bonds is 8. The number of hydrogen-bond donors (Lipinski definition) is 1. The molecule has 2 nitrogen and oxygen atoms in total. The maximum Gasteiger partial charge on any atom is 0.131 e. The second kappa shape index (κ2) is 9.37. The number of para-hydroxylation sites is 1. The maximum absolute atomic E-state index is 13.9. The van der Waals surface area contributed by atoms with Gasteiger partial charge in [-0.3, -0.25) is 0 Å². The van der Waals surface area contributed by atoms with Gasteiger partial charge in [-0.1, -0.05) is 66.2 Å². The van der Waals surface area contributed by atoms with E-state index in [1.165, 1.54) is 11.6 Å². The average molecular weight is 370 g/mol. The van der Waals surface area contributed by atoms with Gasteiger partial charge in [0.05, 0.1) is 5.02 Å². The molecule has 4 heteroatoms. The summed E-state index contributed by atoms with van der Waals surface area (Å²) in [7, 11) is 0. The monoisotopic (exact) mass is 369 g/mol. The van der Waals surface area contributed by atoms with Crippen molar-refractivity contribution >= 4 is 11.6 Å². The van der Waals surface area contributed by atoms with Gasteiger partial charge >= 0.3 is 0 Å². The van der Waals surface area contributed by atoms with Crippen molar-refractivity contribution in [3.8, 4) is 5.75 Å². The molecule has 0 atom stereocenters. The van der Waals surface area contributed by atoms with Crippen molar-refractivity contribution in [2.24, 2.45) is 0 Å². The number of benzene rings is 3. The van der Waals surface area contributed by atoms with Gasteiger partial charge < -0.3 is 10.1 Å². The molecule has 0 saturated heterocycles.